The molecule has 1 aliphatic rings. The Kier molecular flexibility index (Phi) is 7.63. The molecule has 0 bridgehead atoms. The fourth-order valence-electron chi connectivity index (χ4n) is 5.22. The van der Waals surface area contributed by atoms with Gasteiger partial charge >= 0.3 is 0 Å². The van der Waals surface area contributed by atoms with Crippen LogP contribution >= 0.6 is 28.1 Å². The highest BCUT2D eigenvalue weighted by Gasteiger charge is 2.41. The van der Waals surface area contributed by atoms with Crippen LogP contribution in [0, 0.1) is 20.8 Å². The number of hydrogen-bond donors (Lipinski definition) is 2. The SMILES string of the molecule is Cc1ccccc1NC(=O)CCN1C(=S)N[C@H](c2ccccn2)[C@@H]1c1cc(C)n(-c2ccccc2Br)c1C. The van der Waals surface area contributed by atoms with Crippen molar-refractivity contribution in [2.45, 2.75) is 39.3 Å². The molecular formula is C30H30BrN5OS. The molecule has 38 heavy (non-hydrogen) atoms. The summed E-state index contributed by atoms with van der Waals surface area (Å²) in [6.07, 6.45) is 2.12. The molecule has 2 aromatic carbocycles. The predicted octanol–water partition coefficient (Wildman–Crippen LogP) is 6.56. The molecule has 6 nitrogen and oxygen atoms in total. The van der Waals surface area contributed by atoms with Gasteiger partial charge in [0.2, 0.25) is 5.91 Å². The Morgan fingerprint density at radius 1 is 1.05 bits per heavy atom. The lowest BCUT2D eigenvalue weighted by Crippen LogP contribution is -2.33. The number of anilines is 1. The van der Waals surface area contributed by atoms with Gasteiger partial charge in [-0.15, -0.1) is 0 Å². The van der Waals surface area contributed by atoms with Crippen LogP contribution in [0.2, 0.25) is 0 Å². The number of pyridine rings is 1. The van der Waals surface area contributed by atoms with Crippen molar-refractivity contribution in [3.05, 3.63) is 112 Å². The van der Waals surface area contributed by atoms with Gasteiger partial charge in [-0.25, -0.2) is 0 Å². The predicted molar refractivity (Wildman–Crippen MR) is 160 cm³/mol. The topological polar surface area (TPSA) is 62.2 Å². The lowest BCUT2D eigenvalue weighted by atomic mass is 9.96. The second-order valence-corrected chi connectivity index (χ2v) is 10.8. The van der Waals surface area contributed by atoms with Gasteiger partial charge in [0, 0.05) is 40.7 Å². The third-order valence-corrected chi connectivity index (χ3v) is 8.10. The Labute approximate surface area is 237 Å². The number of aryl methyl sites for hydroxylation is 2. The second kappa shape index (κ2) is 11.1. The molecule has 0 aliphatic carbocycles. The highest BCUT2D eigenvalue weighted by atomic mass is 79.9. The van der Waals surface area contributed by atoms with E-state index in [-0.39, 0.29) is 18.0 Å². The Morgan fingerprint density at radius 3 is 2.53 bits per heavy atom. The van der Waals surface area contributed by atoms with Crippen LogP contribution < -0.4 is 10.6 Å². The largest absolute Gasteiger partial charge is 0.352 e. The summed E-state index contributed by atoms with van der Waals surface area (Å²) in [7, 11) is 0. The van der Waals surface area contributed by atoms with Crippen LogP contribution in [0.25, 0.3) is 5.69 Å². The van der Waals surface area contributed by atoms with Crippen molar-refractivity contribution in [2.75, 3.05) is 11.9 Å². The van der Waals surface area contributed by atoms with E-state index in [2.05, 4.69) is 73.1 Å². The first kappa shape index (κ1) is 26.1. The summed E-state index contributed by atoms with van der Waals surface area (Å²) in [5.41, 5.74) is 7.27. The maximum Gasteiger partial charge on any atom is 0.226 e. The molecule has 0 spiro atoms. The number of nitrogens with zero attached hydrogens (tertiary/aromatic N) is 3. The number of hydrogen-bond acceptors (Lipinski definition) is 3. The average Bonchev–Trinajstić information content (AvgIpc) is 3.39. The molecule has 1 aliphatic heterocycles. The van der Waals surface area contributed by atoms with Gasteiger partial charge in [-0.2, -0.15) is 0 Å². The third-order valence-electron chi connectivity index (χ3n) is 7.08. The van der Waals surface area contributed by atoms with Gasteiger partial charge in [-0.1, -0.05) is 36.4 Å². The van der Waals surface area contributed by atoms with Crippen molar-refractivity contribution in [2.24, 2.45) is 0 Å². The molecule has 4 aromatic rings. The Balaban J connectivity index is 1.48. The quantitative estimate of drug-likeness (QED) is 0.240. The minimum Gasteiger partial charge on any atom is -0.352 e. The lowest BCUT2D eigenvalue weighted by Gasteiger charge is -2.28. The van der Waals surface area contributed by atoms with E-state index in [0.29, 0.717) is 18.1 Å². The normalized spacial score (nSPS) is 16.9. The van der Waals surface area contributed by atoms with Crippen molar-refractivity contribution >= 4 is 44.9 Å². The number of nitrogens with one attached hydrogen (secondary N) is 2. The fourth-order valence-corrected chi connectivity index (χ4v) is 6.02. The smallest absolute Gasteiger partial charge is 0.226 e. The van der Waals surface area contributed by atoms with E-state index < -0.39 is 0 Å². The molecule has 8 heteroatoms. The minimum atomic E-state index is -0.142. The minimum absolute atomic E-state index is 0.0409. The zero-order valence-electron chi connectivity index (χ0n) is 21.6. The number of halogens is 1. The van der Waals surface area contributed by atoms with Gasteiger partial charge in [0.05, 0.1) is 23.5 Å². The van der Waals surface area contributed by atoms with Crippen LogP contribution in [0.4, 0.5) is 5.69 Å². The van der Waals surface area contributed by atoms with E-state index in [9.17, 15) is 4.79 Å². The first-order valence-electron chi connectivity index (χ1n) is 12.6. The van der Waals surface area contributed by atoms with Crippen molar-refractivity contribution in [1.29, 1.82) is 0 Å². The zero-order chi connectivity index (χ0) is 26.8. The van der Waals surface area contributed by atoms with Crippen molar-refractivity contribution in [1.82, 2.24) is 19.8 Å². The van der Waals surface area contributed by atoms with E-state index in [4.69, 9.17) is 12.2 Å². The maximum absolute atomic E-state index is 12.9. The number of rotatable bonds is 7. The molecule has 0 saturated carbocycles. The number of carbonyl (C=O) groups is 1. The number of aromatic nitrogens is 2. The summed E-state index contributed by atoms with van der Waals surface area (Å²) in [5.74, 6) is -0.0409. The summed E-state index contributed by atoms with van der Waals surface area (Å²) in [6.45, 7) is 6.73. The van der Waals surface area contributed by atoms with Crippen LogP contribution in [0.15, 0.2) is 83.5 Å². The summed E-state index contributed by atoms with van der Waals surface area (Å²) in [5, 5.41) is 7.18. The van der Waals surface area contributed by atoms with Crippen molar-refractivity contribution in [3.8, 4) is 5.69 Å². The van der Waals surface area contributed by atoms with E-state index in [1.807, 2.05) is 61.5 Å². The van der Waals surface area contributed by atoms with E-state index >= 15 is 0 Å². The van der Waals surface area contributed by atoms with Crippen molar-refractivity contribution < 1.29 is 4.79 Å². The van der Waals surface area contributed by atoms with Crippen LogP contribution in [-0.2, 0) is 4.79 Å². The number of amides is 1. The summed E-state index contributed by atoms with van der Waals surface area (Å²) in [6, 6.07) is 23.9. The second-order valence-electron chi connectivity index (χ2n) is 9.55. The van der Waals surface area contributed by atoms with Gasteiger partial charge in [0.1, 0.15) is 0 Å². The molecule has 3 heterocycles. The first-order chi connectivity index (χ1) is 18.3. The average molecular weight is 589 g/mol. The van der Waals surface area contributed by atoms with Crippen LogP contribution in [0.5, 0.6) is 0 Å². The fraction of sp³-hybridized carbons (Fsp3) is 0.233. The molecule has 0 unspecified atom stereocenters. The van der Waals surface area contributed by atoms with E-state index in [1.54, 1.807) is 6.20 Å². The maximum atomic E-state index is 12.9. The number of carbonyl (C=O) groups excluding carboxylic acids is 1. The molecule has 2 N–H and O–H groups in total. The standard InChI is InChI=1S/C30H30BrN5OS/c1-19-10-4-6-12-24(19)33-27(37)15-17-35-29(28(34-30(35)38)25-13-8-9-16-32-25)22-18-20(2)36(21(22)3)26-14-7-5-11-23(26)31/h4-14,16,18,28-29H,15,17H2,1-3H3,(H,33,37)(H,34,38)/t28-,29+/m1/s1. The Morgan fingerprint density at radius 2 is 1.79 bits per heavy atom. The van der Waals surface area contributed by atoms with E-state index in [1.165, 1.54) is 0 Å². The van der Waals surface area contributed by atoms with Gasteiger partial charge < -0.3 is 20.1 Å². The highest BCUT2D eigenvalue weighted by Crippen LogP contribution is 2.42. The number of thiocarbonyl (C=S) groups is 1. The highest BCUT2D eigenvalue weighted by molar-refractivity contribution is 9.10. The van der Waals surface area contributed by atoms with Crippen LogP contribution in [-0.4, -0.2) is 32.0 Å². The Bertz CT molecular complexity index is 1490. The van der Waals surface area contributed by atoms with Crippen molar-refractivity contribution in [3.63, 3.8) is 0 Å². The number of benzene rings is 2. The van der Waals surface area contributed by atoms with E-state index in [0.717, 1.165) is 44.1 Å². The van der Waals surface area contributed by atoms with Crippen LogP contribution in [0.3, 0.4) is 0 Å². The third kappa shape index (κ3) is 5.11. The molecule has 1 saturated heterocycles. The van der Waals surface area contributed by atoms with Gasteiger partial charge in [-0.3, -0.25) is 9.78 Å². The van der Waals surface area contributed by atoms with Crippen LogP contribution in [0.1, 0.15) is 46.7 Å². The molecule has 0 radical (unpaired) electrons. The molecule has 1 amide bonds. The number of para-hydroxylation sites is 2. The summed E-state index contributed by atoms with van der Waals surface area (Å²) < 4.78 is 3.29. The molecule has 2 atom stereocenters. The van der Waals surface area contributed by atoms with Gasteiger partial charge in [0.25, 0.3) is 0 Å². The zero-order valence-corrected chi connectivity index (χ0v) is 24.0. The summed E-state index contributed by atoms with van der Waals surface area (Å²) in [4.78, 5) is 19.7. The summed E-state index contributed by atoms with van der Waals surface area (Å²) >= 11 is 9.55. The molecule has 194 valence electrons. The first-order valence-corrected chi connectivity index (χ1v) is 13.8. The molecule has 1 fully saturated rings. The Hall–Kier alpha value is -3.49. The molecule has 2 aromatic heterocycles. The molecular weight excluding hydrogens is 558 g/mol. The van der Waals surface area contributed by atoms with Gasteiger partial charge in [0.15, 0.2) is 5.11 Å². The molecule has 5 rings (SSSR count). The van der Waals surface area contributed by atoms with Gasteiger partial charge in [-0.05, 0) is 96.4 Å². The lowest BCUT2D eigenvalue weighted by molar-refractivity contribution is -0.116. The monoisotopic (exact) mass is 587 g/mol.